The number of amides is 1. The number of benzene rings is 1. The number of aromatic nitrogens is 2. The lowest BCUT2D eigenvalue weighted by Gasteiger charge is -2.33. The molecule has 138 valence electrons. The predicted molar refractivity (Wildman–Crippen MR) is 100 cm³/mol. The third kappa shape index (κ3) is 3.60. The van der Waals surface area contributed by atoms with Gasteiger partial charge in [0, 0.05) is 13.0 Å². The summed E-state index contributed by atoms with van der Waals surface area (Å²) in [4.78, 5) is 40.8. The molecule has 2 heterocycles. The van der Waals surface area contributed by atoms with Crippen LogP contribution in [0, 0.1) is 6.92 Å². The Hall–Kier alpha value is -2.35. The van der Waals surface area contributed by atoms with Crippen LogP contribution < -0.4 is 10.9 Å². The van der Waals surface area contributed by atoms with Crippen molar-refractivity contribution in [1.29, 1.82) is 0 Å². The molecule has 1 amide bonds. The van der Waals surface area contributed by atoms with Gasteiger partial charge in [-0.05, 0) is 42.9 Å². The number of fused-ring (bicyclic) bond motifs is 1. The number of thioether (sulfide) groups is 1. The van der Waals surface area contributed by atoms with Crippen LogP contribution in [0.3, 0.4) is 0 Å². The molecule has 26 heavy (non-hydrogen) atoms. The molecule has 0 spiro atoms. The van der Waals surface area contributed by atoms with E-state index >= 15 is 0 Å². The van der Waals surface area contributed by atoms with E-state index in [0.717, 1.165) is 5.56 Å². The molecular weight excluding hydrogens is 354 g/mol. The normalized spacial score (nSPS) is 16.3. The SMILES string of the molecule is Cc1cccc2c(=O)n(CCC(=O)NC3(C(=O)O)CCSCC3)cnc12. The summed E-state index contributed by atoms with van der Waals surface area (Å²) in [6.07, 6.45) is 2.29. The van der Waals surface area contributed by atoms with E-state index in [-0.39, 0.29) is 24.4 Å². The fourth-order valence-corrected chi connectivity index (χ4v) is 4.35. The van der Waals surface area contributed by atoms with Gasteiger partial charge >= 0.3 is 5.97 Å². The highest BCUT2D eigenvalue weighted by Gasteiger charge is 2.41. The third-order valence-electron chi connectivity index (χ3n) is 4.77. The molecule has 0 radical (unpaired) electrons. The van der Waals surface area contributed by atoms with Gasteiger partial charge in [0.05, 0.1) is 17.2 Å². The number of carbonyl (C=O) groups is 2. The molecule has 1 fully saturated rings. The van der Waals surface area contributed by atoms with Crippen LogP contribution in [0.5, 0.6) is 0 Å². The number of hydrogen-bond acceptors (Lipinski definition) is 5. The van der Waals surface area contributed by atoms with Crippen LogP contribution in [0.4, 0.5) is 0 Å². The Balaban J connectivity index is 1.72. The van der Waals surface area contributed by atoms with Gasteiger partial charge in [0.1, 0.15) is 5.54 Å². The van der Waals surface area contributed by atoms with Crippen molar-refractivity contribution in [2.24, 2.45) is 0 Å². The molecule has 0 unspecified atom stereocenters. The van der Waals surface area contributed by atoms with Gasteiger partial charge in [-0.2, -0.15) is 11.8 Å². The molecular formula is C18H21N3O4S. The fourth-order valence-electron chi connectivity index (χ4n) is 3.16. The predicted octanol–water partition coefficient (Wildman–Crippen LogP) is 1.56. The molecule has 3 rings (SSSR count). The number of aliphatic carboxylic acids is 1. The first-order chi connectivity index (χ1) is 12.4. The molecule has 2 N–H and O–H groups in total. The van der Waals surface area contributed by atoms with E-state index < -0.39 is 11.5 Å². The number of nitrogens with zero attached hydrogens (tertiary/aromatic N) is 2. The maximum atomic E-state index is 12.5. The first-order valence-corrected chi connectivity index (χ1v) is 9.65. The summed E-state index contributed by atoms with van der Waals surface area (Å²) >= 11 is 1.69. The second-order valence-electron chi connectivity index (χ2n) is 6.51. The van der Waals surface area contributed by atoms with Crippen molar-refractivity contribution in [3.05, 3.63) is 40.4 Å². The molecule has 0 bridgehead atoms. The van der Waals surface area contributed by atoms with Gasteiger partial charge in [-0.25, -0.2) is 9.78 Å². The van der Waals surface area contributed by atoms with Crippen molar-refractivity contribution in [2.45, 2.75) is 38.3 Å². The van der Waals surface area contributed by atoms with Gasteiger partial charge in [-0.3, -0.25) is 14.2 Å². The highest BCUT2D eigenvalue weighted by molar-refractivity contribution is 7.99. The van der Waals surface area contributed by atoms with E-state index in [1.54, 1.807) is 23.9 Å². The summed E-state index contributed by atoms with van der Waals surface area (Å²) < 4.78 is 1.39. The van der Waals surface area contributed by atoms with Crippen molar-refractivity contribution in [2.75, 3.05) is 11.5 Å². The molecule has 0 saturated carbocycles. The Morgan fingerprint density at radius 2 is 2.08 bits per heavy atom. The van der Waals surface area contributed by atoms with Crippen LogP contribution in [0.15, 0.2) is 29.3 Å². The van der Waals surface area contributed by atoms with E-state index in [1.165, 1.54) is 10.9 Å². The number of rotatable bonds is 5. The summed E-state index contributed by atoms with van der Waals surface area (Å²) in [6, 6.07) is 5.41. The Morgan fingerprint density at radius 1 is 1.35 bits per heavy atom. The van der Waals surface area contributed by atoms with Gasteiger partial charge in [0.2, 0.25) is 5.91 Å². The fraction of sp³-hybridized carbons (Fsp3) is 0.444. The summed E-state index contributed by atoms with van der Waals surface area (Å²) in [5.74, 6) is 0.0571. The second kappa shape index (κ2) is 7.49. The number of carboxylic acid groups (broad SMARTS) is 1. The van der Waals surface area contributed by atoms with E-state index in [4.69, 9.17) is 0 Å². The van der Waals surface area contributed by atoms with E-state index in [1.807, 2.05) is 13.0 Å². The number of aryl methyl sites for hydroxylation is 2. The summed E-state index contributed by atoms with van der Waals surface area (Å²) in [6.45, 7) is 2.05. The van der Waals surface area contributed by atoms with Crippen LogP contribution >= 0.6 is 11.8 Å². The zero-order valence-corrected chi connectivity index (χ0v) is 15.3. The first-order valence-electron chi connectivity index (χ1n) is 8.50. The maximum Gasteiger partial charge on any atom is 0.329 e. The third-order valence-corrected chi connectivity index (χ3v) is 5.76. The molecule has 1 aliphatic rings. The molecule has 0 aliphatic carbocycles. The Kier molecular flexibility index (Phi) is 5.31. The average molecular weight is 375 g/mol. The summed E-state index contributed by atoms with van der Waals surface area (Å²) in [5, 5.41) is 12.7. The van der Waals surface area contributed by atoms with Crippen LogP contribution in [0.25, 0.3) is 10.9 Å². The second-order valence-corrected chi connectivity index (χ2v) is 7.74. The minimum atomic E-state index is -1.19. The standard InChI is InChI=1S/C18H21N3O4S/c1-12-3-2-4-13-15(12)19-11-21(16(13)23)8-5-14(22)20-18(17(24)25)6-9-26-10-7-18/h2-4,11H,5-10H2,1H3,(H,20,22)(H,24,25). The lowest BCUT2D eigenvalue weighted by molar-refractivity contribution is -0.148. The Morgan fingerprint density at radius 3 is 2.77 bits per heavy atom. The van der Waals surface area contributed by atoms with E-state index in [9.17, 15) is 19.5 Å². The monoisotopic (exact) mass is 375 g/mol. The lowest BCUT2D eigenvalue weighted by Crippen LogP contribution is -2.56. The quantitative estimate of drug-likeness (QED) is 0.822. The number of para-hydroxylation sites is 1. The van der Waals surface area contributed by atoms with Crippen molar-refractivity contribution in [1.82, 2.24) is 14.9 Å². The number of carboxylic acids is 1. The van der Waals surface area contributed by atoms with Gasteiger partial charge in [-0.15, -0.1) is 0 Å². The highest BCUT2D eigenvalue weighted by atomic mass is 32.2. The Labute approximate surface area is 154 Å². The van der Waals surface area contributed by atoms with Crippen LogP contribution in [-0.2, 0) is 16.1 Å². The van der Waals surface area contributed by atoms with E-state index in [2.05, 4.69) is 10.3 Å². The number of hydrogen-bond donors (Lipinski definition) is 2. The molecule has 2 aromatic rings. The van der Waals surface area contributed by atoms with Gasteiger partial charge in [0.15, 0.2) is 0 Å². The van der Waals surface area contributed by atoms with Crippen molar-refractivity contribution in [3.63, 3.8) is 0 Å². The molecule has 1 aromatic carbocycles. The first kappa shape index (κ1) is 18.4. The minimum Gasteiger partial charge on any atom is -0.480 e. The van der Waals surface area contributed by atoms with Crippen LogP contribution in [0.2, 0.25) is 0 Å². The zero-order valence-electron chi connectivity index (χ0n) is 14.5. The van der Waals surface area contributed by atoms with Gasteiger partial charge < -0.3 is 10.4 Å². The maximum absolute atomic E-state index is 12.5. The minimum absolute atomic E-state index is 0.0289. The zero-order chi connectivity index (χ0) is 18.7. The number of carbonyl (C=O) groups excluding carboxylic acids is 1. The molecule has 7 nitrogen and oxygen atoms in total. The number of nitrogens with one attached hydrogen (secondary N) is 1. The van der Waals surface area contributed by atoms with Crippen LogP contribution in [0.1, 0.15) is 24.8 Å². The molecule has 8 heteroatoms. The van der Waals surface area contributed by atoms with Crippen molar-refractivity contribution in [3.8, 4) is 0 Å². The summed E-state index contributed by atoms with van der Waals surface area (Å²) in [5.41, 5.74) is 0.186. The topological polar surface area (TPSA) is 101 Å². The molecule has 1 saturated heterocycles. The smallest absolute Gasteiger partial charge is 0.329 e. The molecule has 0 atom stereocenters. The lowest BCUT2D eigenvalue weighted by atomic mass is 9.92. The van der Waals surface area contributed by atoms with Crippen molar-refractivity contribution >= 4 is 34.5 Å². The largest absolute Gasteiger partial charge is 0.480 e. The van der Waals surface area contributed by atoms with Crippen LogP contribution in [-0.4, -0.2) is 43.6 Å². The molecule has 1 aromatic heterocycles. The Bertz CT molecular complexity index is 903. The highest BCUT2D eigenvalue weighted by Crippen LogP contribution is 2.27. The van der Waals surface area contributed by atoms with Gasteiger partial charge in [-0.1, -0.05) is 12.1 Å². The van der Waals surface area contributed by atoms with Crippen molar-refractivity contribution < 1.29 is 14.7 Å². The summed E-state index contributed by atoms with van der Waals surface area (Å²) in [7, 11) is 0. The average Bonchev–Trinajstić information content (AvgIpc) is 2.62. The van der Waals surface area contributed by atoms with Gasteiger partial charge in [0.25, 0.3) is 5.56 Å². The van der Waals surface area contributed by atoms with E-state index in [0.29, 0.717) is 35.3 Å². The molecule has 1 aliphatic heterocycles.